The van der Waals surface area contributed by atoms with Crippen molar-refractivity contribution in [1.82, 2.24) is 25.5 Å². The maximum Gasteiger partial charge on any atom is 0.244 e. The van der Waals surface area contributed by atoms with Crippen molar-refractivity contribution < 1.29 is 9.18 Å². The van der Waals surface area contributed by atoms with E-state index in [-0.39, 0.29) is 30.1 Å². The first kappa shape index (κ1) is 17.0. The number of carbonyl (C=O) groups excluding carboxylic acids is 1. The molecule has 0 unspecified atom stereocenters. The maximum atomic E-state index is 13.2. The van der Waals surface area contributed by atoms with E-state index < -0.39 is 0 Å². The van der Waals surface area contributed by atoms with Gasteiger partial charge >= 0.3 is 0 Å². The van der Waals surface area contributed by atoms with Crippen LogP contribution in [0, 0.1) is 5.82 Å². The van der Waals surface area contributed by atoms with Gasteiger partial charge in [0.2, 0.25) is 11.7 Å². The topological polar surface area (TPSA) is 72.7 Å². The number of tetrazole rings is 1. The summed E-state index contributed by atoms with van der Waals surface area (Å²) in [6.45, 7) is 1.79. The third-order valence-electron chi connectivity index (χ3n) is 3.57. The molecule has 1 N–H and O–H groups in total. The third-order valence-corrected chi connectivity index (χ3v) is 3.82. The number of benzene rings is 2. The van der Waals surface area contributed by atoms with Crippen LogP contribution < -0.4 is 5.32 Å². The van der Waals surface area contributed by atoms with Gasteiger partial charge in [0.15, 0.2) is 0 Å². The third kappa shape index (κ3) is 4.39. The van der Waals surface area contributed by atoms with Gasteiger partial charge in [0.1, 0.15) is 12.4 Å². The molecular weight excluding hydrogens is 345 g/mol. The van der Waals surface area contributed by atoms with Crippen molar-refractivity contribution >= 4 is 17.5 Å². The summed E-state index contributed by atoms with van der Waals surface area (Å²) >= 11 is 5.85. The Labute approximate surface area is 148 Å². The normalized spacial score (nSPS) is 12.0. The Morgan fingerprint density at radius 2 is 2.04 bits per heavy atom. The van der Waals surface area contributed by atoms with Gasteiger partial charge in [0.25, 0.3) is 0 Å². The van der Waals surface area contributed by atoms with Crippen molar-refractivity contribution in [2.75, 3.05) is 0 Å². The second-order valence-electron chi connectivity index (χ2n) is 5.49. The molecule has 0 fully saturated rings. The highest BCUT2D eigenvalue weighted by molar-refractivity contribution is 6.30. The lowest BCUT2D eigenvalue weighted by Gasteiger charge is -2.14. The van der Waals surface area contributed by atoms with Crippen LogP contribution in [0.1, 0.15) is 18.5 Å². The van der Waals surface area contributed by atoms with E-state index >= 15 is 0 Å². The molecule has 0 bridgehead atoms. The summed E-state index contributed by atoms with van der Waals surface area (Å²) in [5.41, 5.74) is 1.44. The summed E-state index contributed by atoms with van der Waals surface area (Å²) in [6.07, 6.45) is 0. The predicted octanol–water partition coefficient (Wildman–Crippen LogP) is 3.01. The number of hydrogen-bond donors (Lipinski definition) is 1. The average molecular weight is 360 g/mol. The fourth-order valence-corrected chi connectivity index (χ4v) is 2.43. The Balaban J connectivity index is 1.62. The van der Waals surface area contributed by atoms with E-state index in [0.717, 1.165) is 5.56 Å². The van der Waals surface area contributed by atoms with Gasteiger partial charge in [-0.1, -0.05) is 35.9 Å². The average Bonchev–Trinajstić information content (AvgIpc) is 3.03. The monoisotopic (exact) mass is 359 g/mol. The van der Waals surface area contributed by atoms with Gasteiger partial charge in [-0.25, -0.2) is 4.39 Å². The number of amides is 1. The number of halogens is 2. The van der Waals surface area contributed by atoms with Crippen LogP contribution in [0.25, 0.3) is 11.4 Å². The molecule has 0 aliphatic carbocycles. The van der Waals surface area contributed by atoms with Crippen molar-refractivity contribution in [3.8, 4) is 11.4 Å². The van der Waals surface area contributed by atoms with Crippen LogP contribution in [0.4, 0.5) is 4.39 Å². The molecule has 1 aromatic heterocycles. The lowest BCUT2D eigenvalue weighted by atomic mass is 10.1. The van der Waals surface area contributed by atoms with E-state index in [9.17, 15) is 9.18 Å². The quantitative estimate of drug-likeness (QED) is 0.760. The van der Waals surface area contributed by atoms with Gasteiger partial charge in [-0.05, 0) is 42.0 Å². The standard InChI is InChI=1S/C17H15ClFN5O/c1-11(12-5-7-14(18)8-6-12)20-16(25)10-24-22-17(21-23-24)13-3-2-4-15(19)9-13/h2-9,11H,10H2,1H3,(H,20,25)/t11-/m1/s1. The van der Waals surface area contributed by atoms with Gasteiger partial charge in [-0.3, -0.25) is 4.79 Å². The zero-order valence-corrected chi connectivity index (χ0v) is 14.1. The summed E-state index contributed by atoms with van der Waals surface area (Å²) in [6, 6.07) is 12.9. The minimum absolute atomic E-state index is 0.0831. The molecule has 128 valence electrons. The Morgan fingerprint density at radius 3 is 2.76 bits per heavy atom. The highest BCUT2D eigenvalue weighted by Gasteiger charge is 2.13. The lowest BCUT2D eigenvalue weighted by Crippen LogP contribution is -2.30. The summed E-state index contributed by atoms with van der Waals surface area (Å²) in [4.78, 5) is 13.3. The molecule has 1 atom stereocenters. The molecule has 25 heavy (non-hydrogen) atoms. The van der Waals surface area contributed by atoms with Crippen molar-refractivity contribution in [1.29, 1.82) is 0 Å². The van der Waals surface area contributed by atoms with E-state index in [2.05, 4.69) is 20.7 Å². The van der Waals surface area contributed by atoms with E-state index in [1.54, 1.807) is 24.3 Å². The fourth-order valence-electron chi connectivity index (χ4n) is 2.30. The molecule has 0 saturated heterocycles. The first-order valence-corrected chi connectivity index (χ1v) is 7.97. The molecule has 3 aromatic rings. The number of rotatable bonds is 5. The van der Waals surface area contributed by atoms with Crippen LogP contribution in [0.15, 0.2) is 48.5 Å². The summed E-state index contributed by atoms with van der Waals surface area (Å²) < 4.78 is 13.2. The van der Waals surface area contributed by atoms with Crippen LogP contribution in [0.5, 0.6) is 0 Å². The molecule has 1 amide bonds. The smallest absolute Gasteiger partial charge is 0.244 e. The fraction of sp³-hybridized carbons (Fsp3) is 0.176. The van der Waals surface area contributed by atoms with Crippen molar-refractivity contribution in [3.63, 3.8) is 0 Å². The molecule has 0 radical (unpaired) electrons. The van der Waals surface area contributed by atoms with E-state index in [4.69, 9.17) is 11.6 Å². The molecule has 8 heteroatoms. The van der Waals surface area contributed by atoms with E-state index in [0.29, 0.717) is 10.6 Å². The number of nitrogens with zero attached hydrogens (tertiary/aromatic N) is 4. The highest BCUT2D eigenvalue weighted by Crippen LogP contribution is 2.16. The molecule has 0 aliphatic heterocycles. The van der Waals surface area contributed by atoms with Gasteiger partial charge in [0.05, 0.1) is 6.04 Å². The van der Waals surface area contributed by atoms with Crippen molar-refractivity contribution in [2.45, 2.75) is 19.5 Å². The molecule has 1 heterocycles. The van der Waals surface area contributed by atoms with Crippen molar-refractivity contribution in [3.05, 3.63) is 64.9 Å². The first-order valence-electron chi connectivity index (χ1n) is 7.60. The van der Waals surface area contributed by atoms with Gasteiger partial charge in [-0.15, -0.1) is 10.2 Å². The summed E-state index contributed by atoms with van der Waals surface area (Å²) in [5.74, 6) is -0.382. The minimum atomic E-state index is -0.386. The van der Waals surface area contributed by atoms with E-state index in [1.807, 2.05) is 19.1 Å². The molecule has 2 aromatic carbocycles. The van der Waals surface area contributed by atoms with Crippen molar-refractivity contribution in [2.24, 2.45) is 0 Å². The number of hydrogen-bond acceptors (Lipinski definition) is 4. The van der Waals surface area contributed by atoms with E-state index in [1.165, 1.54) is 16.9 Å². The second-order valence-corrected chi connectivity index (χ2v) is 5.93. The predicted molar refractivity (Wildman–Crippen MR) is 91.2 cm³/mol. The lowest BCUT2D eigenvalue weighted by molar-refractivity contribution is -0.122. The molecule has 0 aliphatic rings. The van der Waals surface area contributed by atoms with Crippen LogP contribution >= 0.6 is 11.6 Å². The Kier molecular flexibility index (Phi) is 5.04. The number of nitrogens with one attached hydrogen (secondary N) is 1. The summed E-state index contributed by atoms with van der Waals surface area (Å²) in [7, 11) is 0. The highest BCUT2D eigenvalue weighted by atomic mass is 35.5. The Hall–Kier alpha value is -2.80. The molecular formula is C17H15ClFN5O. The zero-order valence-electron chi connectivity index (χ0n) is 13.4. The van der Waals surface area contributed by atoms with Crippen LogP contribution in [0.2, 0.25) is 5.02 Å². The summed E-state index contributed by atoms with van der Waals surface area (Å²) in [5, 5.41) is 15.3. The Morgan fingerprint density at radius 1 is 1.28 bits per heavy atom. The first-order chi connectivity index (χ1) is 12.0. The molecule has 6 nitrogen and oxygen atoms in total. The Bertz CT molecular complexity index is 881. The van der Waals surface area contributed by atoms with Gasteiger partial charge in [-0.2, -0.15) is 4.80 Å². The zero-order chi connectivity index (χ0) is 17.8. The van der Waals surface area contributed by atoms with Gasteiger partial charge < -0.3 is 5.32 Å². The number of carbonyl (C=O) groups is 1. The van der Waals surface area contributed by atoms with Crippen LogP contribution in [-0.2, 0) is 11.3 Å². The largest absolute Gasteiger partial charge is 0.348 e. The molecule has 0 saturated carbocycles. The minimum Gasteiger partial charge on any atom is -0.348 e. The van der Waals surface area contributed by atoms with Crippen LogP contribution in [0.3, 0.4) is 0 Å². The number of aromatic nitrogens is 4. The molecule has 3 rings (SSSR count). The van der Waals surface area contributed by atoms with Crippen LogP contribution in [-0.4, -0.2) is 26.1 Å². The second kappa shape index (κ2) is 7.40. The molecule has 0 spiro atoms. The maximum absolute atomic E-state index is 13.2. The SMILES string of the molecule is C[C@@H](NC(=O)Cn1nnc(-c2cccc(F)c2)n1)c1ccc(Cl)cc1. The van der Waals surface area contributed by atoms with Gasteiger partial charge in [0, 0.05) is 10.6 Å².